The van der Waals surface area contributed by atoms with Crippen LogP contribution < -0.4 is 20.7 Å². The van der Waals surface area contributed by atoms with Crippen LogP contribution in [0.4, 0.5) is 0 Å². The maximum atomic E-state index is 13.0. The summed E-state index contributed by atoms with van der Waals surface area (Å²) in [5.41, 5.74) is 0.358. The van der Waals surface area contributed by atoms with E-state index in [1.54, 1.807) is 24.3 Å². The second kappa shape index (κ2) is 24.1. The van der Waals surface area contributed by atoms with Gasteiger partial charge in [-0.1, -0.05) is 58.4 Å². The first kappa shape index (κ1) is 35.3. The van der Waals surface area contributed by atoms with E-state index in [1.165, 1.54) is 0 Å². The summed E-state index contributed by atoms with van der Waals surface area (Å²) < 4.78 is 16.2. The number of hydrogen-bond acceptors (Lipinski definition) is 7. The van der Waals surface area contributed by atoms with Gasteiger partial charge in [-0.25, -0.2) is 0 Å². The molecule has 10 nitrogen and oxygen atoms in total. The number of aliphatic hydroxyl groups is 1. The SMILES string of the molecule is CCCCCCNC(=O)CCC(NC(=O)c1cccc(OCCOCCOCCO)c1)C(=O)NCCCCCC. The van der Waals surface area contributed by atoms with Crippen molar-refractivity contribution in [2.75, 3.05) is 52.7 Å². The van der Waals surface area contributed by atoms with Gasteiger partial charge in [-0.2, -0.15) is 0 Å². The highest BCUT2D eigenvalue weighted by Crippen LogP contribution is 2.14. The Bertz CT molecular complexity index is 822. The summed E-state index contributed by atoms with van der Waals surface area (Å²) in [5, 5.41) is 17.3. The third-order valence-corrected chi connectivity index (χ3v) is 6.16. The van der Waals surface area contributed by atoms with E-state index in [2.05, 4.69) is 29.8 Å². The molecule has 0 aliphatic carbocycles. The van der Waals surface area contributed by atoms with Gasteiger partial charge in [0.15, 0.2) is 0 Å². The number of benzene rings is 1. The number of unbranched alkanes of at least 4 members (excludes halogenated alkanes) is 6. The quantitative estimate of drug-likeness (QED) is 0.134. The summed E-state index contributed by atoms with van der Waals surface area (Å²) in [5.74, 6) is -0.307. The van der Waals surface area contributed by atoms with Crippen molar-refractivity contribution in [1.29, 1.82) is 0 Å². The summed E-state index contributed by atoms with van der Waals surface area (Å²) in [6.07, 6.45) is 8.76. The number of rotatable bonds is 25. The largest absolute Gasteiger partial charge is 0.491 e. The minimum Gasteiger partial charge on any atom is -0.491 e. The molecule has 1 aromatic carbocycles. The lowest BCUT2D eigenvalue weighted by Crippen LogP contribution is -2.47. The van der Waals surface area contributed by atoms with Crippen LogP contribution in [0.25, 0.3) is 0 Å². The topological polar surface area (TPSA) is 135 Å². The average molecular weight is 566 g/mol. The molecule has 0 radical (unpaired) electrons. The van der Waals surface area contributed by atoms with Crippen molar-refractivity contribution in [3.63, 3.8) is 0 Å². The number of amides is 3. The molecule has 0 spiro atoms. The van der Waals surface area contributed by atoms with Crippen LogP contribution in [0.1, 0.15) is 88.4 Å². The maximum Gasteiger partial charge on any atom is 0.252 e. The van der Waals surface area contributed by atoms with Crippen molar-refractivity contribution in [3.8, 4) is 5.75 Å². The van der Waals surface area contributed by atoms with Crippen LogP contribution in [-0.2, 0) is 19.1 Å². The summed E-state index contributed by atoms with van der Waals surface area (Å²) in [7, 11) is 0. The average Bonchev–Trinajstić information content (AvgIpc) is 2.96. The Morgan fingerprint density at radius 1 is 0.825 bits per heavy atom. The Morgan fingerprint density at radius 2 is 1.48 bits per heavy atom. The molecule has 0 saturated heterocycles. The van der Waals surface area contributed by atoms with E-state index in [9.17, 15) is 14.4 Å². The Labute approximate surface area is 239 Å². The van der Waals surface area contributed by atoms with Gasteiger partial charge < -0.3 is 35.3 Å². The molecule has 0 aliphatic heterocycles. The minimum absolute atomic E-state index is 0.0218. The predicted octanol–water partition coefficient (Wildman–Crippen LogP) is 3.36. The lowest BCUT2D eigenvalue weighted by Gasteiger charge is -2.19. The monoisotopic (exact) mass is 565 g/mol. The molecule has 40 heavy (non-hydrogen) atoms. The van der Waals surface area contributed by atoms with E-state index in [0.29, 0.717) is 50.8 Å². The molecule has 1 unspecified atom stereocenters. The highest BCUT2D eigenvalue weighted by atomic mass is 16.5. The molecule has 0 saturated carbocycles. The summed E-state index contributed by atoms with van der Waals surface area (Å²) in [6.45, 7) is 7.11. The molecule has 0 aliphatic rings. The van der Waals surface area contributed by atoms with Crippen molar-refractivity contribution < 1.29 is 33.7 Å². The first-order valence-electron chi connectivity index (χ1n) is 14.9. The van der Waals surface area contributed by atoms with Crippen LogP contribution in [0, 0.1) is 0 Å². The first-order chi connectivity index (χ1) is 19.5. The summed E-state index contributed by atoms with van der Waals surface area (Å²) >= 11 is 0. The molecular formula is C30H51N3O7. The van der Waals surface area contributed by atoms with Gasteiger partial charge in [0, 0.05) is 25.1 Å². The van der Waals surface area contributed by atoms with E-state index in [1.807, 2.05) is 0 Å². The molecule has 0 bridgehead atoms. The fourth-order valence-electron chi connectivity index (χ4n) is 3.87. The highest BCUT2D eigenvalue weighted by Gasteiger charge is 2.22. The fourth-order valence-corrected chi connectivity index (χ4v) is 3.87. The zero-order chi connectivity index (χ0) is 29.3. The number of aliphatic hydroxyl groups excluding tert-OH is 1. The Kier molecular flexibility index (Phi) is 21.3. The Morgan fingerprint density at radius 3 is 2.15 bits per heavy atom. The van der Waals surface area contributed by atoms with E-state index in [0.717, 1.165) is 51.4 Å². The molecule has 0 heterocycles. The first-order valence-corrected chi connectivity index (χ1v) is 14.9. The molecule has 0 aromatic heterocycles. The third-order valence-electron chi connectivity index (χ3n) is 6.16. The van der Waals surface area contributed by atoms with E-state index in [-0.39, 0.29) is 37.9 Å². The van der Waals surface area contributed by atoms with Crippen LogP contribution in [0.5, 0.6) is 5.75 Å². The van der Waals surface area contributed by atoms with Crippen molar-refractivity contribution in [1.82, 2.24) is 16.0 Å². The number of nitrogens with one attached hydrogen (secondary N) is 3. The zero-order valence-electron chi connectivity index (χ0n) is 24.5. The second-order valence-electron chi connectivity index (χ2n) is 9.65. The maximum absolute atomic E-state index is 13.0. The summed E-state index contributed by atoms with van der Waals surface area (Å²) in [4.78, 5) is 38.3. The lowest BCUT2D eigenvalue weighted by molar-refractivity contribution is -0.124. The van der Waals surface area contributed by atoms with Crippen LogP contribution in [0.2, 0.25) is 0 Å². The van der Waals surface area contributed by atoms with Crippen molar-refractivity contribution in [3.05, 3.63) is 29.8 Å². The van der Waals surface area contributed by atoms with Gasteiger partial charge in [0.05, 0.1) is 33.0 Å². The van der Waals surface area contributed by atoms with Gasteiger partial charge in [0.1, 0.15) is 18.4 Å². The van der Waals surface area contributed by atoms with Gasteiger partial charge >= 0.3 is 0 Å². The standard InChI is InChI=1S/C30H51N3O7/c1-3-5-7-9-16-31-28(35)15-14-27(30(37)32-17-10-8-6-4-2)33-29(36)25-12-11-13-26(24-25)40-23-22-39-21-20-38-19-18-34/h11-13,24,27,34H,3-10,14-23H2,1-2H3,(H,31,35)(H,32,37)(H,33,36). The molecule has 1 atom stereocenters. The van der Waals surface area contributed by atoms with Gasteiger partial charge in [-0.05, 0) is 37.5 Å². The van der Waals surface area contributed by atoms with Crippen LogP contribution in [-0.4, -0.2) is 81.6 Å². The summed E-state index contributed by atoms with van der Waals surface area (Å²) in [6, 6.07) is 5.90. The molecular weight excluding hydrogens is 514 g/mol. The van der Waals surface area contributed by atoms with Crippen molar-refractivity contribution in [2.24, 2.45) is 0 Å². The van der Waals surface area contributed by atoms with Crippen LogP contribution >= 0.6 is 0 Å². The van der Waals surface area contributed by atoms with Gasteiger partial charge in [-0.3, -0.25) is 14.4 Å². The smallest absolute Gasteiger partial charge is 0.252 e. The van der Waals surface area contributed by atoms with Crippen molar-refractivity contribution in [2.45, 2.75) is 84.1 Å². The molecule has 1 aromatic rings. The number of hydrogen-bond donors (Lipinski definition) is 4. The number of carbonyl (C=O) groups is 3. The van der Waals surface area contributed by atoms with E-state index in [4.69, 9.17) is 19.3 Å². The van der Waals surface area contributed by atoms with Gasteiger partial charge in [-0.15, -0.1) is 0 Å². The van der Waals surface area contributed by atoms with E-state index < -0.39 is 11.9 Å². The fraction of sp³-hybridized carbons (Fsp3) is 0.700. The van der Waals surface area contributed by atoms with Gasteiger partial charge in [0.25, 0.3) is 5.91 Å². The van der Waals surface area contributed by atoms with E-state index >= 15 is 0 Å². The predicted molar refractivity (Wildman–Crippen MR) is 155 cm³/mol. The van der Waals surface area contributed by atoms with Crippen LogP contribution in [0.3, 0.4) is 0 Å². The molecule has 0 fully saturated rings. The van der Waals surface area contributed by atoms with Gasteiger partial charge in [0.2, 0.25) is 11.8 Å². The third kappa shape index (κ3) is 17.8. The zero-order valence-corrected chi connectivity index (χ0v) is 24.5. The number of ether oxygens (including phenoxy) is 3. The van der Waals surface area contributed by atoms with Crippen molar-refractivity contribution >= 4 is 17.7 Å². The molecule has 228 valence electrons. The molecule has 3 amide bonds. The Balaban J connectivity index is 2.61. The normalized spacial score (nSPS) is 11.6. The lowest BCUT2D eigenvalue weighted by atomic mass is 10.1. The minimum atomic E-state index is -0.824. The number of carbonyl (C=O) groups excluding carboxylic acids is 3. The molecule has 10 heteroatoms. The van der Waals surface area contributed by atoms with Crippen LogP contribution in [0.15, 0.2) is 24.3 Å². The highest BCUT2D eigenvalue weighted by molar-refractivity contribution is 5.98. The molecule has 4 N–H and O–H groups in total. The Hall–Kier alpha value is -2.69. The molecule has 1 rings (SSSR count). The second-order valence-corrected chi connectivity index (χ2v) is 9.65.